The summed E-state index contributed by atoms with van der Waals surface area (Å²) in [5.74, 6) is -1.03. The highest BCUT2D eigenvalue weighted by Gasteiger charge is 2.30. The molecule has 0 aromatic heterocycles. The Bertz CT molecular complexity index is 862. The second-order valence-corrected chi connectivity index (χ2v) is 12.0. The van der Waals surface area contributed by atoms with E-state index >= 15 is 0 Å². The molecule has 10 nitrogen and oxygen atoms in total. The van der Waals surface area contributed by atoms with E-state index in [0.29, 0.717) is 18.6 Å². The minimum atomic E-state index is -0.944. The quantitative estimate of drug-likeness (QED) is 0.154. The van der Waals surface area contributed by atoms with Gasteiger partial charge in [-0.2, -0.15) is 0 Å². The van der Waals surface area contributed by atoms with E-state index in [9.17, 15) is 24.0 Å². The predicted molar refractivity (Wildman–Crippen MR) is 147 cm³/mol. The number of hydrogen-bond acceptors (Lipinski definition) is 8. The van der Waals surface area contributed by atoms with Crippen LogP contribution in [0.1, 0.15) is 54.4 Å². The van der Waals surface area contributed by atoms with Crippen molar-refractivity contribution in [2.24, 2.45) is 11.8 Å². The van der Waals surface area contributed by atoms with Crippen molar-refractivity contribution in [2.45, 2.75) is 78.6 Å². The summed E-state index contributed by atoms with van der Waals surface area (Å²) in [6, 6.07) is -1.95. The molecule has 0 bridgehead atoms. The van der Waals surface area contributed by atoms with Gasteiger partial charge in [-0.15, -0.1) is 0 Å². The zero-order valence-corrected chi connectivity index (χ0v) is 24.0. The molecule has 0 unspecified atom stereocenters. The molecule has 0 saturated heterocycles. The monoisotopic (exact) mass is 556 g/mol. The Balaban J connectivity index is 3.07. The third-order valence-electron chi connectivity index (χ3n) is 5.70. The highest BCUT2D eigenvalue weighted by Crippen LogP contribution is 2.23. The van der Waals surface area contributed by atoms with E-state index in [-0.39, 0.29) is 35.7 Å². The molecule has 0 spiro atoms. The lowest BCUT2D eigenvalue weighted by Crippen LogP contribution is -2.56. The van der Waals surface area contributed by atoms with Gasteiger partial charge in [0.2, 0.25) is 17.7 Å². The van der Waals surface area contributed by atoms with Crippen molar-refractivity contribution in [1.29, 1.82) is 0 Å². The summed E-state index contributed by atoms with van der Waals surface area (Å²) < 4.78 is 4.98. The Morgan fingerprint density at radius 1 is 1.14 bits per heavy atom. The molecule has 4 atom stereocenters. The molecular formula is C25H40N4O6S2. The van der Waals surface area contributed by atoms with Crippen molar-refractivity contribution in [3.63, 3.8) is 0 Å². The van der Waals surface area contributed by atoms with Crippen molar-refractivity contribution in [2.75, 3.05) is 11.5 Å². The average molecular weight is 557 g/mol. The standard InChI is InChI=1S/C25H40N4O6S2/c1-7-19(23(32)26-17(6)15(2)3)27-24(33)20-13-37-36-11-9-8-10-18(35-14-30)12-21(31)29-22(16(4)5)25(34)28-20/h7-8,10,14-18,20,22H,9,11-13H2,1-6H3,(H,26,32)(H,27,33)(H,28,34)(H,29,31)/b10-8+,19-7-/t17-,18-,20-,22-/m1/s1. The molecular weight excluding hydrogens is 516 g/mol. The fraction of sp³-hybridized carbons (Fsp3) is 0.640. The van der Waals surface area contributed by atoms with Crippen LogP contribution in [0.2, 0.25) is 0 Å². The van der Waals surface area contributed by atoms with Crippen LogP contribution < -0.4 is 21.3 Å². The predicted octanol–water partition coefficient (Wildman–Crippen LogP) is 2.07. The summed E-state index contributed by atoms with van der Waals surface area (Å²) in [6.45, 7) is 11.3. The van der Waals surface area contributed by atoms with E-state index < -0.39 is 41.8 Å². The third kappa shape index (κ3) is 12.1. The number of amides is 4. The molecule has 4 N–H and O–H groups in total. The zero-order valence-electron chi connectivity index (χ0n) is 22.4. The molecule has 0 saturated carbocycles. The minimum Gasteiger partial charge on any atom is -0.460 e. The van der Waals surface area contributed by atoms with Gasteiger partial charge >= 0.3 is 0 Å². The van der Waals surface area contributed by atoms with Crippen LogP contribution in [0.5, 0.6) is 0 Å². The molecule has 0 fully saturated rings. The van der Waals surface area contributed by atoms with E-state index in [1.54, 1.807) is 26.8 Å². The van der Waals surface area contributed by atoms with E-state index in [1.165, 1.54) is 27.7 Å². The maximum atomic E-state index is 13.2. The van der Waals surface area contributed by atoms with Crippen molar-refractivity contribution in [3.05, 3.63) is 23.9 Å². The minimum absolute atomic E-state index is 0.0922. The van der Waals surface area contributed by atoms with Gasteiger partial charge in [-0.25, -0.2) is 0 Å². The van der Waals surface area contributed by atoms with Gasteiger partial charge in [0.25, 0.3) is 12.4 Å². The van der Waals surface area contributed by atoms with Gasteiger partial charge in [-0.3, -0.25) is 24.0 Å². The highest BCUT2D eigenvalue weighted by molar-refractivity contribution is 8.76. The SMILES string of the molecule is C/C=C(\NC(=O)[C@H]1CSSCC/C=C/[C@@H](OC=O)CC(=O)N[C@H](C(C)C)C(=O)N1)C(=O)N[C@H](C)C(C)C. The first kappa shape index (κ1) is 32.6. The van der Waals surface area contributed by atoms with Crippen LogP contribution >= 0.6 is 21.6 Å². The molecule has 12 heteroatoms. The van der Waals surface area contributed by atoms with Crippen LogP contribution in [-0.4, -0.2) is 65.8 Å². The number of nitrogens with one attached hydrogen (secondary N) is 4. The molecule has 0 aromatic rings. The molecule has 0 aromatic carbocycles. The van der Waals surface area contributed by atoms with Crippen LogP contribution in [0.3, 0.4) is 0 Å². The average Bonchev–Trinajstić information content (AvgIpc) is 2.83. The molecule has 1 heterocycles. The lowest BCUT2D eigenvalue weighted by molar-refractivity contribution is -0.136. The van der Waals surface area contributed by atoms with E-state index in [4.69, 9.17) is 4.74 Å². The topological polar surface area (TPSA) is 143 Å². The fourth-order valence-corrected chi connectivity index (χ4v) is 5.25. The second-order valence-electron chi connectivity index (χ2n) is 9.35. The van der Waals surface area contributed by atoms with Crippen molar-refractivity contribution >= 4 is 51.7 Å². The first-order chi connectivity index (χ1) is 17.5. The Morgan fingerprint density at radius 2 is 1.84 bits per heavy atom. The first-order valence-electron chi connectivity index (χ1n) is 12.4. The number of ether oxygens (including phenoxy) is 1. The first-order valence-corrected chi connectivity index (χ1v) is 14.9. The van der Waals surface area contributed by atoms with Gasteiger partial charge in [-0.1, -0.05) is 61.4 Å². The third-order valence-corrected chi connectivity index (χ3v) is 8.15. The van der Waals surface area contributed by atoms with Gasteiger partial charge in [0.1, 0.15) is 23.9 Å². The summed E-state index contributed by atoms with van der Waals surface area (Å²) in [4.78, 5) is 62.4. The van der Waals surface area contributed by atoms with Crippen LogP contribution in [0, 0.1) is 11.8 Å². The van der Waals surface area contributed by atoms with Crippen molar-refractivity contribution in [1.82, 2.24) is 21.3 Å². The van der Waals surface area contributed by atoms with E-state index in [1.807, 2.05) is 26.8 Å². The smallest absolute Gasteiger partial charge is 0.293 e. The van der Waals surface area contributed by atoms with Crippen LogP contribution in [0.15, 0.2) is 23.9 Å². The Labute approximate surface area is 227 Å². The van der Waals surface area contributed by atoms with Crippen LogP contribution in [0.4, 0.5) is 0 Å². The summed E-state index contributed by atoms with van der Waals surface area (Å²) >= 11 is 0. The Kier molecular flexibility index (Phi) is 15.1. The number of carbonyl (C=O) groups is 5. The molecule has 37 heavy (non-hydrogen) atoms. The molecule has 208 valence electrons. The maximum absolute atomic E-state index is 13.2. The van der Waals surface area contributed by atoms with Gasteiger partial charge in [-0.05, 0) is 38.2 Å². The highest BCUT2D eigenvalue weighted by atomic mass is 33.1. The van der Waals surface area contributed by atoms with Gasteiger partial charge in [0.05, 0.1) is 6.42 Å². The normalized spacial score (nSPS) is 24.1. The molecule has 0 radical (unpaired) electrons. The van der Waals surface area contributed by atoms with Crippen molar-refractivity contribution in [3.8, 4) is 0 Å². The van der Waals surface area contributed by atoms with Gasteiger partial charge in [0.15, 0.2) is 0 Å². The second kappa shape index (κ2) is 17.1. The van der Waals surface area contributed by atoms with E-state index in [2.05, 4.69) is 21.3 Å². The lowest BCUT2D eigenvalue weighted by Gasteiger charge is -2.26. The largest absolute Gasteiger partial charge is 0.460 e. The number of allylic oxidation sites excluding steroid dienone is 2. The molecule has 1 rings (SSSR count). The molecule has 0 aliphatic carbocycles. The summed E-state index contributed by atoms with van der Waals surface area (Å²) in [5, 5.41) is 10.9. The van der Waals surface area contributed by atoms with E-state index in [0.717, 1.165) is 0 Å². The Hall–Kier alpha value is -2.47. The number of rotatable bonds is 8. The van der Waals surface area contributed by atoms with Crippen molar-refractivity contribution < 1.29 is 28.7 Å². The zero-order chi connectivity index (χ0) is 28.0. The summed E-state index contributed by atoms with van der Waals surface area (Å²) in [5.41, 5.74) is 0.0976. The van der Waals surface area contributed by atoms with Crippen LogP contribution in [0.25, 0.3) is 0 Å². The molecule has 1 aliphatic rings. The summed E-state index contributed by atoms with van der Waals surface area (Å²) in [6.07, 6.45) is 4.79. The maximum Gasteiger partial charge on any atom is 0.293 e. The lowest BCUT2D eigenvalue weighted by atomic mass is 10.0. The number of hydrogen-bond donors (Lipinski definition) is 4. The molecule has 1 aliphatic heterocycles. The molecule has 4 amide bonds. The van der Waals surface area contributed by atoms with Crippen LogP contribution in [-0.2, 0) is 28.7 Å². The number of carbonyl (C=O) groups excluding carboxylic acids is 5. The van der Waals surface area contributed by atoms with Gasteiger partial charge in [0, 0.05) is 17.5 Å². The Morgan fingerprint density at radius 3 is 2.43 bits per heavy atom. The van der Waals surface area contributed by atoms with Gasteiger partial charge < -0.3 is 26.0 Å². The fourth-order valence-electron chi connectivity index (χ4n) is 3.10. The summed E-state index contributed by atoms with van der Waals surface area (Å²) in [7, 11) is 2.93.